The summed E-state index contributed by atoms with van der Waals surface area (Å²) in [4.78, 5) is 28.0. The van der Waals surface area contributed by atoms with Crippen LogP contribution in [0.4, 0.5) is 9.18 Å². The standard InChI is InChI=1S/C18H26FN3O3/c1-18(2,3)20-17(24)22-9-7-21(8-10-22)16(23)12-13-11-14(19)5-6-15(13)25-4/h5-6,11H,7-10,12H2,1-4H3,(H,20,24). The van der Waals surface area contributed by atoms with E-state index in [1.807, 2.05) is 20.8 Å². The molecule has 0 bridgehead atoms. The minimum absolute atomic E-state index is 0.0785. The van der Waals surface area contributed by atoms with Crippen molar-refractivity contribution in [1.82, 2.24) is 15.1 Å². The van der Waals surface area contributed by atoms with Crippen molar-refractivity contribution in [2.45, 2.75) is 32.7 Å². The molecule has 25 heavy (non-hydrogen) atoms. The van der Waals surface area contributed by atoms with Crippen molar-refractivity contribution < 1.29 is 18.7 Å². The van der Waals surface area contributed by atoms with E-state index in [1.54, 1.807) is 9.80 Å². The Labute approximate surface area is 147 Å². The summed E-state index contributed by atoms with van der Waals surface area (Å²) >= 11 is 0. The maximum Gasteiger partial charge on any atom is 0.317 e. The molecule has 0 aliphatic carbocycles. The first-order valence-electron chi connectivity index (χ1n) is 8.37. The molecule has 1 aromatic rings. The molecule has 1 heterocycles. The lowest BCUT2D eigenvalue weighted by molar-refractivity contribution is -0.131. The number of carbonyl (C=O) groups excluding carboxylic acids is 2. The largest absolute Gasteiger partial charge is 0.496 e. The third-order valence-corrected chi connectivity index (χ3v) is 3.99. The van der Waals surface area contributed by atoms with Gasteiger partial charge in [-0.3, -0.25) is 4.79 Å². The second-order valence-electron chi connectivity index (χ2n) is 7.18. The summed E-state index contributed by atoms with van der Waals surface area (Å²) in [6.07, 6.45) is 0.0785. The van der Waals surface area contributed by atoms with Crippen LogP contribution in [0.1, 0.15) is 26.3 Å². The second kappa shape index (κ2) is 7.72. The predicted octanol–water partition coefficient (Wildman–Crippen LogP) is 2.03. The molecule has 138 valence electrons. The van der Waals surface area contributed by atoms with Gasteiger partial charge in [-0.25, -0.2) is 9.18 Å². The molecule has 1 aliphatic heterocycles. The lowest BCUT2D eigenvalue weighted by atomic mass is 10.1. The van der Waals surface area contributed by atoms with E-state index in [-0.39, 0.29) is 23.9 Å². The lowest BCUT2D eigenvalue weighted by Crippen LogP contribution is -2.56. The fourth-order valence-electron chi connectivity index (χ4n) is 2.72. The van der Waals surface area contributed by atoms with E-state index < -0.39 is 5.82 Å². The maximum atomic E-state index is 13.4. The van der Waals surface area contributed by atoms with Gasteiger partial charge < -0.3 is 19.9 Å². The van der Waals surface area contributed by atoms with Gasteiger partial charge in [-0.2, -0.15) is 0 Å². The van der Waals surface area contributed by atoms with Crippen LogP contribution in [0.25, 0.3) is 0 Å². The number of urea groups is 1. The minimum atomic E-state index is -0.396. The summed E-state index contributed by atoms with van der Waals surface area (Å²) in [6.45, 7) is 7.68. The van der Waals surface area contributed by atoms with Crippen LogP contribution in [0, 0.1) is 5.82 Å². The monoisotopic (exact) mass is 351 g/mol. The number of hydrogen-bond donors (Lipinski definition) is 1. The number of halogens is 1. The van der Waals surface area contributed by atoms with E-state index in [0.29, 0.717) is 37.5 Å². The van der Waals surface area contributed by atoms with E-state index in [9.17, 15) is 14.0 Å². The van der Waals surface area contributed by atoms with Crippen LogP contribution in [0.2, 0.25) is 0 Å². The molecule has 0 radical (unpaired) electrons. The van der Waals surface area contributed by atoms with Gasteiger partial charge in [0.05, 0.1) is 13.5 Å². The molecular formula is C18H26FN3O3. The molecule has 2 rings (SSSR count). The number of ether oxygens (including phenoxy) is 1. The number of carbonyl (C=O) groups is 2. The maximum absolute atomic E-state index is 13.4. The number of rotatable bonds is 3. The average Bonchev–Trinajstić information content (AvgIpc) is 2.53. The summed E-state index contributed by atoms with van der Waals surface area (Å²) in [5.74, 6) is 0.00462. The Hall–Kier alpha value is -2.31. The predicted molar refractivity (Wildman–Crippen MR) is 93.1 cm³/mol. The summed E-state index contributed by atoms with van der Waals surface area (Å²) in [7, 11) is 1.49. The van der Waals surface area contributed by atoms with Crippen LogP contribution in [-0.2, 0) is 11.2 Å². The second-order valence-corrected chi connectivity index (χ2v) is 7.18. The summed E-state index contributed by atoms with van der Waals surface area (Å²) in [5.41, 5.74) is 0.234. The Kier molecular flexibility index (Phi) is 5.87. The van der Waals surface area contributed by atoms with E-state index in [0.717, 1.165) is 0 Å². The van der Waals surface area contributed by atoms with Crippen molar-refractivity contribution in [3.05, 3.63) is 29.6 Å². The van der Waals surface area contributed by atoms with Crippen LogP contribution in [0.15, 0.2) is 18.2 Å². The number of amides is 3. The smallest absolute Gasteiger partial charge is 0.317 e. The lowest BCUT2D eigenvalue weighted by Gasteiger charge is -2.36. The number of hydrogen-bond acceptors (Lipinski definition) is 3. The van der Waals surface area contributed by atoms with Crippen molar-refractivity contribution >= 4 is 11.9 Å². The van der Waals surface area contributed by atoms with Crippen LogP contribution in [0.3, 0.4) is 0 Å². The molecule has 0 saturated carbocycles. The van der Waals surface area contributed by atoms with Gasteiger partial charge >= 0.3 is 6.03 Å². The minimum Gasteiger partial charge on any atom is -0.496 e. The first-order chi connectivity index (χ1) is 11.7. The quantitative estimate of drug-likeness (QED) is 0.906. The molecule has 0 spiro atoms. The molecule has 6 nitrogen and oxygen atoms in total. The Balaban J connectivity index is 1.91. The fourth-order valence-corrected chi connectivity index (χ4v) is 2.72. The zero-order chi connectivity index (χ0) is 18.6. The highest BCUT2D eigenvalue weighted by atomic mass is 19.1. The molecular weight excluding hydrogens is 325 g/mol. The number of methoxy groups -OCH3 is 1. The third kappa shape index (κ3) is 5.34. The Bertz CT molecular complexity index is 635. The van der Waals surface area contributed by atoms with Gasteiger partial charge in [0, 0.05) is 37.3 Å². The highest BCUT2D eigenvalue weighted by Crippen LogP contribution is 2.21. The van der Waals surface area contributed by atoms with Gasteiger partial charge in [-0.15, -0.1) is 0 Å². The Morgan fingerprint density at radius 1 is 1.16 bits per heavy atom. The fraction of sp³-hybridized carbons (Fsp3) is 0.556. The van der Waals surface area contributed by atoms with Crippen LogP contribution in [0.5, 0.6) is 5.75 Å². The molecule has 1 fully saturated rings. The molecule has 7 heteroatoms. The van der Waals surface area contributed by atoms with E-state index in [4.69, 9.17) is 4.74 Å². The molecule has 1 N–H and O–H groups in total. The van der Waals surface area contributed by atoms with Gasteiger partial charge in [0.15, 0.2) is 0 Å². The van der Waals surface area contributed by atoms with Crippen LogP contribution < -0.4 is 10.1 Å². The van der Waals surface area contributed by atoms with Crippen molar-refractivity contribution in [3.8, 4) is 5.75 Å². The summed E-state index contributed by atoms with van der Waals surface area (Å²) in [6, 6.07) is 4.03. The van der Waals surface area contributed by atoms with Crippen molar-refractivity contribution in [2.24, 2.45) is 0 Å². The first-order valence-corrected chi connectivity index (χ1v) is 8.37. The van der Waals surface area contributed by atoms with E-state index in [1.165, 1.54) is 25.3 Å². The summed E-state index contributed by atoms with van der Waals surface area (Å²) < 4.78 is 18.6. The molecule has 1 aromatic carbocycles. The highest BCUT2D eigenvalue weighted by molar-refractivity contribution is 5.80. The molecule has 3 amide bonds. The van der Waals surface area contributed by atoms with Gasteiger partial charge in [-0.1, -0.05) is 0 Å². The first kappa shape index (κ1) is 19.0. The van der Waals surface area contributed by atoms with Gasteiger partial charge in [0.1, 0.15) is 11.6 Å². The highest BCUT2D eigenvalue weighted by Gasteiger charge is 2.26. The van der Waals surface area contributed by atoms with Crippen LogP contribution >= 0.6 is 0 Å². The van der Waals surface area contributed by atoms with Crippen molar-refractivity contribution in [1.29, 1.82) is 0 Å². The molecule has 0 atom stereocenters. The zero-order valence-corrected chi connectivity index (χ0v) is 15.3. The van der Waals surface area contributed by atoms with E-state index >= 15 is 0 Å². The zero-order valence-electron chi connectivity index (χ0n) is 15.3. The Morgan fingerprint density at radius 2 is 1.76 bits per heavy atom. The molecule has 0 aromatic heterocycles. The number of nitrogens with one attached hydrogen (secondary N) is 1. The molecule has 1 saturated heterocycles. The SMILES string of the molecule is COc1ccc(F)cc1CC(=O)N1CCN(C(=O)NC(C)(C)C)CC1. The third-order valence-electron chi connectivity index (χ3n) is 3.99. The normalized spacial score (nSPS) is 15.1. The molecule has 1 aliphatic rings. The van der Waals surface area contributed by atoms with Gasteiger partial charge in [0.25, 0.3) is 0 Å². The van der Waals surface area contributed by atoms with Gasteiger partial charge in [0.2, 0.25) is 5.91 Å². The number of nitrogens with zero attached hydrogens (tertiary/aromatic N) is 2. The molecule has 0 unspecified atom stereocenters. The van der Waals surface area contributed by atoms with Crippen molar-refractivity contribution in [2.75, 3.05) is 33.3 Å². The van der Waals surface area contributed by atoms with E-state index in [2.05, 4.69) is 5.32 Å². The summed E-state index contributed by atoms with van der Waals surface area (Å²) in [5, 5.41) is 2.92. The average molecular weight is 351 g/mol. The topological polar surface area (TPSA) is 61.9 Å². The van der Waals surface area contributed by atoms with Gasteiger partial charge in [-0.05, 0) is 39.0 Å². The Morgan fingerprint density at radius 3 is 2.32 bits per heavy atom. The number of benzene rings is 1. The number of piperazine rings is 1. The van der Waals surface area contributed by atoms with Crippen LogP contribution in [-0.4, -0.2) is 60.6 Å². The van der Waals surface area contributed by atoms with Crippen molar-refractivity contribution in [3.63, 3.8) is 0 Å².